The smallest absolute Gasteiger partial charge is 0.223 e. The van der Waals surface area contributed by atoms with Crippen LogP contribution in [-0.4, -0.2) is 51.5 Å². The van der Waals surface area contributed by atoms with Gasteiger partial charge in [-0.3, -0.25) is 9.69 Å². The van der Waals surface area contributed by atoms with E-state index in [1.807, 2.05) is 16.2 Å². The number of carbonyl (C=O) groups excluding carboxylic acids is 1. The van der Waals surface area contributed by atoms with E-state index in [1.165, 1.54) is 9.75 Å². The maximum atomic E-state index is 12.2. The molecule has 1 saturated heterocycles. The molecule has 7 heteroatoms. The Hall–Kier alpha value is -1.73. The largest absolute Gasteiger partial charge is 0.340 e. The molecule has 6 nitrogen and oxygen atoms in total. The van der Waals surface area contributed by atoms with Crippen molar-refractivity contribution in [1.82, 2.24) is 19.9 Å². The van der Waals surface area contributed by atoms with Crippen molar-refractivity contribution in [2.75, 3.05) is 19.6 Å². The number of likely N-dealkylation sites (tertiary alicyclic amines) is 1. The molecule has 1 aliphatic heterocycles. The van der Waals surface area contributed by atoms with Crippen LogP contribution in [0.1, 0.15) is 41.2 Å². The quantitative estimate of drug-likeness (QED) is 0.791. The van der Waals surface area contributed by atoms with E-state index in [1.54, 1.807) is 13.8 Å². The van der Waals surface area contributed by atoms with Gasteiger partial charge >= 0.3 is 0 Å². The van der Waals surface area contributed by atoms with Gasteiger partial charge in [0.15, 0.2) is 5.82 Å². The van der Waals surface area contributed by atoms with Crippen LogP contribution in [0.5, 0.6) is 0 Å². The SMILES string of the molecule is CC(=O)N(CCc1noc(C)n1)C1CCCN(Cc2ccc(C)s2)C1. The summed E-state index contributed by atoms with van der Waals surface area (Å²) in [5, 5.41) is 3.93. The van der Waals surface area contributed by atoms with Gasteiger partial charge in [0.25, 0.3) is 0 Å². The van der Waals surface area contributed by atoms with E-state index in [-0.39, 0.29) is 11.9 Å². The van der Waals surface area contributed by atoms with Crippen molar-refractivity contribution in [3.8, 4) is 0 Å². The van der Waals surface area contributed by atoms with E-state index >= 15 is 0 Å². The van der Waals surface area contributed by atoms with E-state index in [4.69, 9.17) is 4.52 Å². The number of rotatable bonds is 6. The minimum Gasteiger partial charge on any atom is -0.340 e. The van der Waals surface area contributed by atoms with Crippen LogP contribution in [-0.2, 0) is 17.8 Å². The molecule has 136 valence electrons. The summed E-state index contributed by atoms with van der Waals surface area (Å²) in [6.07, 6.45) is 2.82. The van der Waals surface area contributed by atoms with Crippen molar-refractivity contribution in [3.05, 3.63) is 33.6 Å². The number of hydrogen-bond donors (Lipinski definition) is 0. The molecule has 0 N–H and O–H groups in total. The molecule has 0 bridgehead atoms. The molecular formula is C18H26N4O2S. The molecule has 1 atom stereocenters. The first-order valence-corrected chi connectivity index (χ1v) is 9.67. The highest BCUT2D eigenvalue weighted by Crippen LogP contribution is 2.22. The zero-order valence-corrected chi connectivity index (χ0v) is 16.0. The third kappa shape index (κ3) is 4.89. The fraction of sp³-hybridized carbons (Fsp3) is 0.611. The van der Waals surface area contributed by atoms with Crippen molar-refractivity contribution < 1.29 is 9.32 Å². The number of carbonyl (C=O) groups is 1. The molecule has 0 aromatic carbocycles. The molecule has 0 spiro atoms. The highest BCUT2D eigenvalue weighted by molar-refractivity contribution is 7.11. The normalized spacial score (nSPS) is 18.4. The lowest BCUT2D eigenvalue weighted by molar-refractivity contribution is -0.132. The van der Waals surface area contributed by atoms with Crippen LogP contribution in [0, 0.1) is 13.8 Å². The molecule has 2 aromatic rings. The van der Waals surface area contributed by atoms with Crippen LogP contribution in [0.4, 0.5) is 0 Å². The lowest BCUT2D eigenvalue weighted by Crippen LogP contribution is -2.50. The fourth-order valence-electron chi connectivity index (χ4n) is 3.48. The first-order valence-electron chi connectivity index (χ1n) is 8.85. The Labute approximate surface area is 152 Å². The monoisotopic (exact) mass is 362 g/mol. The van der Waals surface area contributed by atoms with E-state index in [0.717, 1.165) is 32.5 Å². The highest BCUT2D eigenvalue weighted by atomic mass is 32.1. The number of piperidine rings is 1. The number of thiophene rings is 1. The van der Waals surface area contributed by atoms with E-state index in [9.17, 15) is 4.79 Å². The molecule has 3 heterocycles. The van der Waals surface area contributed by atoms with Gasteiger partial charge in [0.1, 0.15) is 0 Å². The number of hydrogen-bond acceptors (Lipinski definition) is 6. The number of amides is 1. The molecule has 0 saturated carbocycles. The van der Waals surface area contributed by atoms with Crippen molar-refractivity contribution >= 4 is 17.2 Å². The zero-order chi connectivity index (χ0) is 17.8. The first-order chi connectivity index (χ1) is 12.0. The fourth-order valence-corrected chi connectivity index (χ4v) is 4.41. The maximum absolute atomic E-state index is 12.2. The highest BCUT2D eigenvalue weighted by Gasteiger charge is 2.27. The first kappa shape index (κ1) is 18.1. The van der Waals surface area contributed by atoms with Gasteiger partial charge in [-0.1, -0.05) is 5.16 Å². The minimum atomic E-state index is 0.124. The zero-order valence-electron chi connectivity index (χ0n) is 15.2. The van der Waals surface area contributed by atoms with Crippen molar-refractivity contribution in [1.29, 1.82) is 0 Å². The van der Waals surface area contributed by atoms with Crippen molar-refractivity contribution in [3.63, 3.8) is 0 Å². The lowest BCUT2D eigenvalue weighted by atomic mass is 10.0. The summed E-state index contributed by atoms with van der Waals surface area (Å²) >= 11 is 1.86. The second kappa shape index (κ2) is 8.10. The lowest BCUT2D eigenvalue weighted by Gasteiger charge is -2.39. The number of aromatic nitrogens is 2. The summed E-state index contributed by atoms with van der Waals surface area (Å²) in [7, 11) is 0. The van der Waals surface area contributed by atoms with E-state index in [2.05, 4.69) is 34.1 Å². The van der Waals surface area contributed by atoms with Gasteiger partial charge in [0.05, 0.1) is 0 Å². The maximum Gasteiger partial charge on any atom is 0.223 e. The van der Waals surface area contributed by atoms with E-state index in [0.29, 0.717) is 24.7 Å². The molecule has 1 unspecified atom stereocenters. The van der Waals surface area contributed by atoms with Gasteiger partial charge < -0.3 is 9.42 Å². The minimum absolute atomic E-state index is 0.124. The summed E-state index contributed by atoms with van der Waals surface area (Å²) in [4.78, 5) is 23.6. The molecule has 0 radical (unpaired) electrons. The van der Waals surface area contributed by atoms with Crippen LogP contribution < -0.4 is 0 Å². The third-order valence-corrected chi connectivity index (χ3v) is 5.63. The standard InChI is InChI=1S/C18H26N4O2S/c1-13-6-7-17(25-13)12-21-9-4-5-16(11-21)22(15(3)23)10-8-18-19-14(2)24-20-18/h6-7,16H,4-5,8-12H2,1-3H3. The molecule has 25 heavy (non-hydrogen) atoms. The summed E-state index contributed by atoms with van der Waals surface area (Å²) in [6, 6.07) is 4.65. The summed E-state index contributed by atoms with van der Waals surface area (Å²) < 4.78 is 5.02. The Bertz CT molecular complexity index is 712. The molecule has 1 aliphatic rings. The number of aryl methyl sites for hydroxylation is 2. The van der Waals surface area contributed by atoms with Gasteiger partial charge in [-0.15, -0.1) is 11.3 Å². The van der Waals surface area contributed by atoms with Crippen molar-refractivity contribution in [2.45, 2.75) is 52.6 Å². The Balaban J connectivity index is 1.59. The van der Waals surface area contributed by atoms with Gasteiger partial charge in [0, 0.05) is 55.7 Å². The number of nitrogens with zero attached hydrogens (tertiary/aromatic N) is 4. The van der Waals surface area contributed by atoms with Crippen LogP contribution >= 0.6 is 11.3 Å². The second-order valence-corrected chi connectivity index (χ2v) is 8.11. The van der Waals surface area contributed by atoms with Gasteiger partial charge in [-0.2, -0.15) is 4.98 Å². The van der Waals surface area contributed by atoms with Gasteiger partial charge in [0.2, 0.25) is 11.8 Å². The molecular weight excluding hydrogens is 336 g/mol. The van der Waals surface area contributed by atoms with Crippen molar-refractivity contribution in [2.24, 2.45) is 0 Å². The van der Waals surface area contributed by atoms with Gasteiger partial charge in [-0.05, 0) is 38.4 Å². The van der Waals surface area contributed by atoms with Crippen LogP contribution in [0.3, 0.4) is 0 Å². The molecule has 1 amide bonds. The van der Waals surface area contributed by atoms with Gasteiger partial charge in [-0.25, -0.2) is 0 Å². The second-order valence-electron chi connectivity index (χ2n) is 6.74. The summed E-state index contributed by atoms with van der Waals surface area (Å²) in [5.41, 5.74) is 0. The predicted octanol–water partition coefficient (Wildman–Crippen LogP) is 2.80. The van der Waals surface area contributed by atoms with E-state index < -0.39 is 0 Å². The Morgan fingerprint density at radius 1 is 1.44 bits per heavy atom. The molecule has 3 rings (SSSR count). The Morgan fingerprint density at radius 2 is 2.28 bits per heavy atom. The average Bonchev–Trinajstić information content (AvgIpc) is 3.16. The summed E-state index contributed by atoms with van der Waals surface area (Å²) in [6.45, 7) is 9.23. The third-order valence-electron chi connectivity index (χ3n) is 4.65. The van der Waals surface area contributed by atoms with Crippen LogP contribution in [0.25, 0.3) is 0 Å². The summed E-state index contributed by atoms with van der Waals surface area (Å²) in [5.74, 6) is 1.36. The van der Waals surface area contributed by atoms with Crippen LogP contribution in [0.15, 0.2) is 16.7 Å². The Morgan fingerprint density at radius 3 is 2.92 bits per heavy atom. The molecule has 1 fully saturated rings. The molecule has 2 aromatic heterocycles. The van der Waals surface area contributed by atoms with Crippen LogP contribution in [0.2, 0.25) is 0 Å². The average molecular weight is 362 g/mol. The Kier molecular flexibility index (Phi) is 5.86. The molecule has 0 aliphatic carbocycles. The predicted molar refractivity (Wildman–Crippen MR) is 97.5 cm³/mol. The topological polar surface area (TPSA) is 62.5 Å².